The molecule has 0 saturated carbocycles. The van der Waals surface area contributed by atoms with Crippen LogP contribution in [0, 0.1) is 13.8 Å². The zero-order valence-corrected chi connectivity index (χ0v) is 15.7. The molecule has 0 spiro atoms. The largest absolute Gasteiger partial charge is 0.321 e. The number of pyridine rings is 1. The quantitative estimate of drug-likeness (QED) is 0.704. The molecule has 1 heterocycles. The minimum absolute atomic E-state index is 0.191. The summed E-state index contributed by atoms with van der Waals surface area (Å²) in [5.41, 5.74) is 3.00. The van der Waals surface area contributed by atoms with Gasteiger partial charge in [-0.15, -0.1) is 0 Å². The van der Waals surface area contributed by atoms with E-state index in [1.54, 1.807) is 60.7 Å². The van der Waals surface area contributed by atoms with Crippen molar-refractivity contribution in [3.63, 3.8) is 0 Å². The molecule has 0 aliphatic carbocycles. The summed E-state index contributed by atoms with van der Waals surface area (Å²) in [6, 6.07) is 18.2. The Kier molecular flexibility index (Phi) is 5.23. The lowest BCUT2D eigenvalue weighted by Crippen LogP contribution is -2.14. The van der Waals surface area contributed by atoms with Crippen LogP contribution in [0.2, 0.25) is 0 Å². The average molecular weight is 381 g/mol. The second kappa shape index (κ2) is 7.59. The predicted molar refractivity (Wildman–Crippen MR) is 105 cm³/mol. The van der Waals surface area contributed by atoms with Gasteiger partial charge in [-0.3, -0.25) is 9.52 Å². The molecular formula is C20H19N3O3S. The maximum Gasteiger partial charge on any atom is 0.274 e. The van der Waals surface area contributed by atoms with Crippen LogP contribution in [0.3, 0.4) is 0 Å². The molecule has 0 bridgehead atoms. The van der Waals surface area contributed by atoms with Crippen molar-refractivity contribution < 1.29 is 13.2 Å². The van der Waals surface area contributed by atoms with Crippen molar-refractivity contribution in [3.05, 3.63) is 83.7 Å². The SMILES string of the molecule is Cc1ccc(S(=O)(=O)Nc2ccc(NC(=O)c3cccc(C)n3)cc2)cc1. The van der Waals surface area contributed by atoms with Gasteiger partial charge in [0.1, 0.15) is 5.69 Å². The minimum Gasteiger partial charge on any atom is -0.321 e. The third-order valence-electron chi connectivity index (χ3n) is 3.85. The Balaban J connectivity index is 1.70. The van der Waals surface area contributed by atoms with Crippen LogP contribution >= 0.6 is 0 Å². The number of rotatable bonds is 5. The fraction of sp³-hybridized carbons (Fsp3) is 0.100. The van der Waals surface area contributed by atoms with Gasteiger partial charge in [0.2, 0.25) is 0 Å². The van der Waals surface area contributed by atoms with E-state index in [4.69, 9.17) is 0 Å². The van der Waals surface area contributed by atoms with Gasteiger partial charge in [0.05, 0.1) is 4.90 Å². The van der Waals surface area contributed by atoms with Gasteiger partial charge in [0.15, 0.2) is 0 Å². The molecule has 2 aromatic carbocycles. The Bertz CT molecular complexity index is 1060. The Morgan fingerprint density at radius 3 is 2.11 bits per heavy atom. The topological polar surface area (TPSA) is 88.2 Å². The molecule has 0 radical (unpaired) electrons. The van der Waals surface area contributed by atoms with Crippen LogP contribution < -0.4 is 10.0 Å². The number of aromatic nitrogens is 1. The molecule has 1 aromatic heterocycles. The number of hydrogen-bond donors (Lipinski definition) is 2. The van der Waals surface area contributed by atoms with E-state index in [0.717, 1.165) is 11.3 Å². The number of nitrogens with zero attached hydrogens (tertiary/aromatic N) is 1. The summed E-state index contributed by atoms with van der Waals surface area (Å²) in [4.78, 5) is 16.6. The fourth-order valence-corrected chi connectivity index (χ4v) is 3.48. The molecule has 27 heavy (non-hydrogen) atoms. The molecule has 0 atom stereocenters. The Labute approximate surface area is 158 Å². The molecule has 138 valence electrons. The molecule has 0 saturated heterocycles. The molecule has 6 nitrogen and oxygen atoms in total. The Morgan fingerprint density at radius 1 is 0.852 bits per heavy atom. The van der Waals surface area contributed by atoms with Crippen LogP contribution in [0.4, 0.5) is 11.4 Å². The number of benzene rings is 2. The maximum atomic E-state index is 12.4. The molecule has 3 aromatic rings. The lowest BCUT2D eigenvalue weighted by molar-refractivity contribution is 0.102. The highest BCUT2D eigenvalue weighted by Crippen LogP contribution is 2.19. The molecular weight excluding hydrogens is 362 g/mol. The minimum atomic E-state index is -3.66. The number of nitrogens with one attached hydrogen (secondary N) is 2. The summed E-state index contributed by atoms with van der Waals surface area (Å²) in [6.07, 6.45) is 0. The Hall–Kier alpha value is -3.19. The van der Waals surface area contributed by atoms with Gasteiger partial charge in [-0.05, 0) is 62.4 Å². The summed E-state index contributed by atoms with van der Waals surface area (Å²) >= 11 is 0. The number of amides is 1. The van der Waals surface area contributed by atoms with Crippen LogP contribution in [-0.2, 0) is 10.0 Å². The van der Waals surface area contributed by atoms with Gasteiger partial charge in [-0.1, -0.05) is 23.8 Å². The van der Waals surface area contributed by atoms with E-state index in [-0.39, 0.29) is 10.8 Å². The first-order valence-corrected chi connectivity index (χ1v) is 9.76. The third-order valence-corrected chi connectivity index (χ3v) is 5.24. The Morgan fingerprint density at radius 2 is 1.48 bits per heavy atom. The summed E-state index contributed by atoms with van der Waals surface area (Å²) in [6.45, 7) is 3.70. The zero-order valence-electron chi connectivity index (χ0n) is 14.9. The summed E-state index contributed by atoms with van der Waals surface area (Å²) in [7, 11) is -3.66. The van der Waals surface area contributed by atoms with Crippen molar-refractivity contribution in [3.8, 4) is 0 Å². The average Bonchev–Trinajstić information content (AvgIpc) is 2.63. The highest BCUT2D eigenvalue weighted by Gasteiger charge is 2.14. The number of hydrogen-bond acceptors (Lipinski definition) is 4. The van der Waals surface area contributed by atoms with Gasteiger partial charge < -0.3 is 5.32 Å². The van der Waals surface area contributed by atoms with Crippen molar-refractivity contribution in [1.82, 2.24) is 4.98 Å². The predicted octanol–water partition coefficient (Wildman–Crippen LogP) is 3.75. The fourth-order valence-electron chi connectivity index (χ4n) is 2.42. The van der Waals surface area contributed by atoms with E-state index >= 15 is 0 Å². The molecule has 0 aliphatic heterocycles. The highest BCUT2D eigenvalue weighted by molar-refractivity contribution is 7.92. The van der Waals surface area contributed by atoms with Crippen LogP contribution in [0.15, 0.2) is 71.6 Å². The molecule has 0 fully saturated rings. The van der Waals surface area contributed by atoms with E-state index < -0.39 is 10.0 Å². The van der Waals surface area contributed by atoms with Gasteiger partial charge in [0, 0.05) is 17.1 Å². The maximum absolute atomic E-state index is 12.4. The van der Waals surface area contributed by atoms with E-state index in [1.165, 1.54) is 0 Å². The number of carbonyl (C=O) groups excluding carboxylic acids is 1. The van der Waals surface area contributed by atoms with Crippen molar-refractivity contribution in [2.45, 2.75) is 18.7 Å². The van der Waals surface area contributed by atoms with Gasteiger partial charge in [-0.25, -0.2) is 13.4 Å². The number of aryl methyl sites for hydroxylation is 2. The van der Waals surface area contributed by atoms with Gasteiger partial charge in [0.25, 0.3) is 15.9 Å². The summed E-state index contributed by atoms with van der Waals surface area (Å²) in [5, 5.41) is 2.73. The van der Waals surface area contributed by atoms with E-state index in [2.05, 4.69) is 15.0 Å². The van der Waals surface area contributed by atoms with Gasteiger partial charge in [-0.2, -0.15) is 0 Å². The van der Waals surface area contributed by atoms with Crippen molar-refractivity contribution >= 4 is 27.3 Å². The zero-order chi connectivity index (χ0) is 19.4. The first-order chi connectivity index (χ1) is 12.8. The van der Waals surface area contributed by atoms with Crippen LogP contribution in [0.1, 0.15) is 21.7 Å². The van der Waals surface area contributed by atoms with E-state index in [1.807, 2.05) is 19.9 Å². The van der Waals surface area contributed by atoms with E-state index in [0.29, 0.717) is 17.1 Å². The van der Waals surface area contributed by atoms with E-state index in [9.17, 15) is 13.2 Å². The van der Waals surface area contributed by atoms with Gasteiger partial charge >= 0.3 is 0 Å². The van der Waals surface area contributed by atoms with Crippen LogP contribution in [-0.4, -0.2) is 19.3 Å². The highest BCUT2D eigenvalue weighted by atomic mass is 32.2. The van der Waals surface area contributed by atoms with Crippen molar-refractivity contribution in [2.75, 3.05) is 10.0 Å². The molecule has 0 aliphatic rings. The standard InChI is InChI=1S/C20H19N3O3S/c1-14-6-12-18(13-7-14)27(25,26)23-17-10-8-16(9-11-17)22-20(24)19-5-3-4-15(2)21-19/h3-13,23H,1-2H3,(H,22,24). The third kappa shape index (κ3) is 4.71. The molecule has 2 N–H and O–H groups in total. The lowest BCUT2D eigenvalue weighted by atomic mass is 10.2. The van der Waals surface area contributed by atoms with Crippen LogP contribution in [0.25, 0.3) is 0 Å². The monoisotopic (exact) mass is 381 g/mol. The summed E-state index contributed by atoms with van der Waals surface area (Å²) < 4.78 is 27.3. The molecule has 0 unspecified atom stereocenters. The number of sulfonamides is 1. The molecule has 3 rings (SSSR count). The van der Waals surface area contributed by atoms with Crippen molar-refractivity contribution in [1.29, 1.82) is 0 Å². The molecule has 1 amide bonds. The second-order valence-corrected chi connectivity index (χ2v) is 7.80. The lowest BCUT2D eigenvalue weighted by Gasteiger charge is -2.10. The molecule has 7 heteroatoms. The van der Waals surface area contributed by atoms with Crippen LogP contribution in [0.5, 0.6) is 0 Å². The number of carbonyl (C=O) groups is 1. The number of anilines is 2. The van der Waals surface area contributed by atoms with Crippen molar-refractivity contribution in [2.24, 2.45) is 0 Å². The first kappa shape index (κ1) is 18.6. The smallest absolute Gasteiger partial charge is 0.274 e. The first-order valence-electron chi connectivity index (χ1n) is 8.28. The normalized spacial score (nSPS) is 11.0. The summed E-state index contributed by atoms with van der Waals surface area (Å²) in [5.74, 6) is -0.327. The second-order valence-electron chi connectivity index (χ2n) is 6.11.